The summed E-state index contributed by atoms with van der Waals surface area (Å²) in [5.41, 5.74) is 0.792. The van der Waals surface area contributed by atoms with E-state index in [1.54, 1.807) is 0 Å². The van der Waals surface area contributed by atoms with Gasteiger partial charge in [0.25, 0.3) is 5.91 Å². The van der Waals surface area contributed by atoms with Crippen molar-refractivity contribution in [2.24, 2.45) is 5.92 Å². The molecule has 8 nitrogen and oxygen atoms in total. The van der Waals surface area contributed by atoms with E-state index in [9.17, 15) is 23.6 Å². The van der Waals surface area contributed by atoms with E-state index in [1.165, 1.54) is 24.3 Å². The van der Waals surface area contributed by atoms with Gasteiger partial charge in [-0.05, 0) is 37.1 Å². The molecular formula is C18H19FN4O4. The molecule has 1 aliphatic rings. The molecule has 3 rings (SSSR count). The standard InChI is InChI=1S/C18H19FN4O4/c19-12-1-2-14-11(5-12)7-15(23-14)18(27)21-8-16(25)22-13(9-24)6-10-3-4-20-17(10)26/h1-2,5,7,9-10,13,23H,3-4,6,8H2,(H,20,26)(H,21,27)(H,22,25). The Kier molecular flexibility index (Phi) is 5.49. The summed E-state index contributed by atoms with van der Waals surface area (Å²) in [6.07, 6.45) is 1.43. The summed E-state index contributed by atoms with van der Waals surface area (Å²) in [4.78, 5) is 49.7. The molecule has 2 heterocycles. The number of halogens is 1. The largest absolute Gasteiger partial charge is 0.356 e. The van der Waals surface area contributed by atoms with Crippen LogP contribution in [0.5, 0.6) is 0 Å². The van der Waals surface area contributed by atoms with Gasteiger partial charge in [-0.15, -0.1) is 0 Å². The fourth-order valence-electron chi connectivity index (χ4n) is 3.06. The van der Waals surface area contributed by atoms with Crippen molar-refractivity contribution in [3.05, 3.63) is 35.8 Å². The lowest BCUT2D eigenvalue weighted by atomic mass is 9.99. The summed E-state index contributed by atoms with van der Waals surface area (Å²) in [5.74, 6) is -1.91. The van der Waals surface area contributed by atoms with Gasteiger partial charge in [0.1, 0.15) is 17.8 Å². The number of H-pyrrole nitrogens is 1. The van der Waals surface area contributed by atoms with Gasteiger partial charge in [0, 0.05) is 23.4 Å². The Morgan fingerprint density at radius 1 is 1.33 bits per heavy atom. The van der Waals surface area contributed by atoms with Gasteiger partial charge in [-0.1, -0.05) is 0 Å². The minimum atomic E-state index is -0.792. The number of hydrogen-bond donors (Lipinski definition) is 4. The Morgan fingerprint density at radius 2 is 2.15 bits per heavy atom. The highest BCUT2D eigenvalue weighted by molar-refractivity contribution is 5.99. The lowest BCUT2D eigenvalue weighted by Crippen LogP contribution is -2.44. The van der Waals surface area contributed by atoms with E-state index in [0.29, 0.717) is 30.2 Å². The van der Waals surface area contributed by atoms with Crippen LogP contribution in [0.4, 0.5) is 4.39 Å². The summed E-state index contributed by atoms with van der Waals surface area (Å²) in [6, 6.07) is 4.78. The third-order valence-electron chi connectivity index (χ3n) is 4.45. The molecule has 0 aliphatic carbocycles. The molecule has 0 saturated carbocycles. The summed E-state index contributed by atoms with van der Waals surface area (Å²) in [5, 5.41) is 8.14. The number of nitrogens with one attached hydrogen (secondary N) is 4. The third kappa shape index (κ3) is 4.49. The fraction of sp³-hybridized carbons (Fsp3) is 0.333. The Balaban J connectivity index is 1.51. The number of carbonyl (C=O) groups excluding carboxylic acids is 4. The summed E-state index contributed by atoms with van der Waals surface area (Å²) in [6.45, 7) is 0.233. The Morgan fingerprint density at radius 3 is 2.85 bits per heavy atom. The summed E-state index contributed by atoms with van der Waals surface area (Å²) in [7, 11) is 0. The number of aromatic nitrogens is 1. The highest BCUT2D eigenvalue weighted by atomic mass is 19.1. The zero-order valence-corrected chi connectivity index (χ0v) is 14.4. The van der Waals surface area contributed by atoms with Crippen LogP contribution in [0.2, 0.25) is 0 Å². The molecule has 0 radical (unpaired) electrons. The molecule has 1 aromatic heterocycles. The predicted octanol–water partition coefficient (Wildman–Crippen LogP) is 0.247. The number of amides is 3. The second-order valence-electron chi connectivity index (χ2n) is 6.42. The van der Waals surface area contributed by atoms with Crippen molar-refractivity contribution >= 4 is 34.9 Å². The van der Waals surface area contributed by atoms with Crippen molar-refractivity contribution in [3.8, 4) is 0 Å². The fourth-order valence-corrected chi connectivity index (χ4v) is 3.06. The number of aromatic amines is 1. The zero-order valence-electron chi connectivity index (χ0n) is 14.4. The van der Waals surface area contributed by atoms with E-state index in [0.717, 1.165) is 0 Å². The van der Waals surface area contributed by atoms with Crippen LogP contribution < -0.4 is 16.0 Å². The normalized spacial score (nSPS) is 17.4. The number of benzene rings is 1. The molecule has 27 heavy (non-hydrogen) atoms. The second-order valence-corrected chi connectivity index (χ2v) is 6.42. The quantitative estimate of drug-likeness (QED) is 0.519. The molecule has 0 bridgehead atoms. The van der Waals surface area contributed by atoms with E-state index in [4.69, 9.17) is 0 Å². The number of carbonyl (C=O) groups is 4. The van der Waals surface area contributed by atoms with Crippen LogP contribution in [-0.4, -0.2) is 48.1 Å². The Hall–Kier alpha value is -3.23. The predicted molar refractivity (Wildman–Crippen MR) is 94.3 cm³/mol. The molecule has 4 N–H and O–H groups in total. The summed E-state index contributed by atoms with van der Waals surface area (Å²) >= 11 is 0. The monoisotopic (exact) mass is 374 g/mol. The summed E-state index contributed by atoms with van der Waals surface area (Å²) < 4.78 is 13.2. The lowest BCUT2D eigenvalue weighted by molar-refractivity contribution is -0.125. The minimum absolute atomic E-state index is 0.125. The second kappa shape index (κ2) is 7.98. The first-order chi connectivity index (χ1) is 13.0. The van der Waals surface area contributed by atoms with Gasteiger partial charge in [-0.25, -0.2) is 4.39 Å². The first-order valence-corrected chi connectivity index (χ1v) is 8.55. The molecule has 1 aliphatic heterocycles. The molecule has 142 valence electrons. The first kappa shape index (κ1) is 18.6. The van der Waals surface area contributed by atoms with Crippen LogP contribution in [0.25, 0.3) is 10.9 Å². The molecule has 2 aromatic rings. The molecule has 1 saturated heterocycles. The van der Waals surface area contributed by atoms with Crippen LogP contribution in [0, 0.1) is 11.7 Å². The molecule has 9 heteroatoms. The lowest BCUT2D eigenvalue weighted by Gasteiger charge is -2.15. The van der Waals surface area contributed by atoms with Crippen molar-refractivity contribution in [1.29, 1.82) is 0 Å². The Bertz CT molecular complexity index is 895. The van der Waals surface area contributed by atoms with Crippen LogP contribution in [0.1, 0.15) is 23.3 Å². The SMILES string of the molecule is O=CC(CC1CCNC1=O)NC(=O)CNC(=O)c1cc2cc(F)ccc2[nH]1. The van der Waals surface area contributed by atoms with Gasteiger partial charge < -0.3 is 25.7 Å². The van der Waals surface area contributed by atoms with Crippen molar-refractivity contribution < 1.29 is 23.6 Å². The first-order valence-electron chi connectivity index (χ1n) is 8.55. The van der Waals surface area contributed by atoms with E-state index in [1.807, 2.05) is 0 Å². The van der Waals surface area contributed by atoms with Crippen LogP contribution in [0.15, 0.2) is 24.3 Å². The third-order valence-corrected chi connectivity index (χ3v) is 4.45. The highest BCUT2D eigenvalue weighted by Crippen LogP contribution is 2.17. The van der Waals surface area contributed by atoms with Crippen LogP contribution in [0.3, 0.4) is 0 Å². The molecule has 1 aromatic carbocycles. The van der Waals surface area contributed by atoms with Gasteiger partial charge in [0.15, 0.2) is 0 Å². The van der Waals surface area contributed by atoms with E-state index >= 15 is 0 Å². The minimum Gasteiger partial charge on any atom is -0.356 e. The van der Waals surface area contributed by atoms with E-state index in [-0.39, 0.29) is 30.5 Å². The molecule has 0 spiro atoms. The molecule has 2 atom stereocenters. The van der Waals surface area contributed by atoms with E-state index < -0.39 is 23.7 Å². The van der Waals surface area contributed by atoms with Gasteiger partial charge in [0.2, 0.25) is 11.8 Å². The Labute approximate surface area is 153 Å². The molecule has 1 fully saturated rings. The van der Waals surface area contributed by atoms with Crippen molar-refractivity contribution in [3.63, 3.8) is 0 Å². The van der Waals surface area contributed by atoms with Gasteiger partial charge >= 0.3 is 0 Å². The maximum Gasteiger partial charge on any atom is 0.268 e. The van der Waals surface area contributed by atoms with Crippen molar-refractivity contribution in [1.82, 2.24) is 20.9 Å². The smallest absolute Gasteiger partial charge is 0.268 e. The van der Waals surface area contributed by atoms with Crippen LogP contribution in [-0.2, 0) is 14.4 Å². The van der Waals surface area contributed by atoms with Gasteiger partial charge in [-0.2, -0.15) is 0 Å². The number of rotatable bonds is 7. The maximum atomic E-state index is 13.2. The molecular weight excluding hydrogens is 355 g/mol. The number of hydrogen-bond acceptors (Lipinski definition) is 4. The number of fused-ring (bicyclic) bond motifs is 1. The maximum absolute atomic E-state index is 13.2. The zero-order chi connectivity index (χ0) is 19.4. The average molecular weight is 374 g/mol. The molecule has 2 unspecified atom stereocenters. The van der Waals surface area contributed by atoms with Crippen molar-refractivity contribution in [2.45, 2.75) is 18.9 Å². The topological polar surface area (TPSA) is 120 Å². The van der Waals surface area contributed by atoms with Crippen LogP contribution >= 0.6 is 0 Å². The number of aldehydes is 1. The average Bonchev–Trinajstić information content (AvgIpc) is 3.24. The van der Waals surface area contributed by atoms with Crippen molar-refractivity contribution in [2.75, 3.05) is 13.1 Å². The van der Waals surface area contributed by atoms with Gasteiger partial charge in [-0.3, -0.25) is 14.4 Å². The van der Waals surface area contributed by atoms with Gasteiger partial charge in [0.05, 0.1) is 12.6 Å². The van der Waals surface area contributed by atoms with E-state index in [2.05, 4.69) is 20.9 Å². The molecule has 3 amide bonds. The highest BCUT2D eigenvalue weighted by Gasteiger charge is 2.27.